The Kier molecular flexibility index (Phi) is 9.43. The second kappa shape index (κ2) is 11.0. The van der Waals surface area contributed by atoms with Crippen molar-refractivity contribution in [2.75, 3.05) is 0 Å². The first-order valence-corrected chi connectivity index (χ1v) is 12.1. The van der Waals surface area contributed by atoms with E-state index in [1.54, 1.807) is 38.4 Å². The van der Waals surface area contributed by atoms with Gasteiger partial charge in [0, 0.05) is 0 Å². The van der Waals surface area contributed by atoms with E-state index in [0.29, 0.717) is 0 Å². The Morgan fingerprint density at radius 3 is 2.12 bits per heavy atom. The summed E-state index contributed by atoms with van der Waals surface area (Å²) in [6.45, 7) is 13.3. The average Bonchev–Trinajstić information content (AvgIpc) is 3.40. The van der Waals surface area contributed by atoms with Gasteiger partial charge in [-0.15, -0.1) is 0 Å². The summed E-state index contributed by atoms with van der Waals surface area (Å²) in [5.74, 6) is 5.99. The van der Waals surface area contributed by atoms with Gasteiger partial charge in [0.15, 0.2) is 0 Å². The van der Waals surface area contributed by atoms with Gasteiger partial charge in [0.1, 0.15) is 6.71 Å². The number of hydrogen-bond donors (Lipinski definition) is 0. The highest BCUT2D eigenvalue weighted by Crippen LogP contribution is 2.48. The minimum Gasteiger partial charge on any atom is -0.0737 e. The maximum absolute atomic E-state index is 2.58. The third kappa shape index (κ3) is 6.62. The van der Waals surface area contributed by atoms with Crippen LogP contribution in [0.1, 0.15) is 112 Å². The van der Waals surface area contributed by atoms with Crippen molar-refractivity contribution < 1.29 is 0 Å². The Morgan fingerprint density at radius 2 is 1.52 bits per heavy atom. The molecule has 25 heavy (non-hydrogen) atoms. The first-order chi connectivity index (χ1) is 12.1. The van der Waals surface area contributed by atoms with Gasteiger partial charge < -0.3 is 0 Å². The standard InChI is InChI=1S/C24H47B/c1-6-8-9-13-24(20(5)19(3)4)25-18-10-12-21(22-14-15-22)16-17-23(25)11-7-2/h19-24H,6-18H2,1-5H3. The number of rotatable bonds is 10. The molecule has 0 N–H and O–H groups in total. The van der Waals surface area contributed by atoms with E-state index in [0.717, 1.165) is 42.0 Å². The van der Waals surface area contributed by atoms with Crippen molar-refractivity contribution >= 4 is 6.71 Å². The molecule has 0 aromatic rings. The van der Waals surface area contributed by atoms with E-state index in [4.69, 9.17) is 0 Å². The summed E-state index contributed by atoms with van der Waals surface area (Å²) >= 11 is 0. The van der Waals surface area contributed by atoms with Crippen LogP contribution in [0.15, 0.2) is 0 Å². The van der Waals surface area contributed by atoms with Gasteiger partial charge in [-0.1, -0.05) is 117 Å². The SMILES string of the molecule is CCCCCC(B1CCCC(C2CC2)CCC1CCC)C(C)C(C)C. The molecule has 2 rings (SSSR count). The van der Waals surface area contributed by atoms with E-state index in [-0.39, 0.29) is 0 Å². The minimum atomic E-state index is 0.846. The Hall–Kier alpha value is 0.0649. The second-order valence-electron chi connectivity index (χ2n) is 10.1. The van der Waals surface area contributed by atoms with E-state index in [1.807, 2.05) is 0 Å². The highest BCUT2D eigenvalue weighted by molar-refractivity contribution is 6.62. The van der Waals surface area contributed by atoms with Crippen LogP contribution < -0.4 is 0 Å². The molecule has 1 heteroatoms. The quantitative estimate of drug-likeness (QED) is 0.275. The molecule has 2 fully saturated rings. The largest absolute Gasteiger partial charge is 0.146 e. The van der Waals surface area contributed by atoms with Crippen LogP contribution in [0.5, 0.6) is 0 Å². The molecule has 1 aliphatic carbocycles. The van der Waals surface area contributed by atoms with Crippen molar-refractivity contribution in [1.29, 1.82) is 0 Å². The molecule has 4 atom stereocenters. The van der Waals surface area contributed by atoms with E-state index in [9.17, 15) is 0 Å². The molecule has 1 saturated carbocycles. The molecule has 1 aliphatic heterocycles. The molecule has 2 aliphatic rings. The molecule has 4 unspecified atom stereocenters. The predicted molar refractivity (Wildman–Crippen MR) is 116 cm³/mol. The fourth-order valence-corrected chi connectivity index (χ4v) is 5.96. The average molecular weight is 346 g/mol. The molecule has 0 spiro atoms. The lowest BCUT2D eigenvalue weighted by atomic mass is 9.27. The van der Waals surface area contributed by atoms with E-state index in [1.165, 1.54) is 44.9 Å². The van der Waals surface area contributed by atoms with Crippen molar-refractivity contribution in [1.82, 2.24) is 0 Å². The van der Waals surface area contributed by atoms with Gasteiger partial charge in [-0.2, -0.15) is 0 Å². The number of hydrogen-bond acceptors (Lipinski definition) is 0. The first kappa shape index (κ1) is 21.4. The maximum Gasteiger partial charge on any atom is 0.146 e. The molecule has 0 nitrogen and oxygen atoms in total. The zero-order valence-corrected chi connectivity index (χ0v) is 18.2. The maximum atomic E-state index is 2.58. The van der Waals surface area contributed by atoms with E-state index in [2.05, 4.69) is 34.6 Å². The van der Waals surface area contributed by atoms with Crippen molar-refractivity contribution in [2.45, 2.75) is 130 Å². The zero-order valence-electron chi connectivity index (χ0n) is 18.2. The monoisotopic (exact) mass is 346 g/mol. The molecule has 0 bridgehead atoms. The topological polar surface area (TPSA) is 0 Å². The minimum absolute atomic E-state index is 0.846. The zero-order chi connectivity index (χ0) is 18.2. The van der Waals surface area contributed by atoms with Gasteiger partial charge in [0.05, 0.1) is 0 Å². The van der Waals surface area contributed by atoms with Crippen molar-refractivity contribution in [2.24, 2.45) is 23.7 Å². The summed E-state index contributed by atoms with van der Waals surface area (Å²) in [5.41, 5.74) is 0. The molecular weight excluding hydrogens is 299 g/mol. The third-order valence-corrected chi connectivity index (χ3v) is 7.99. The molecule has 1 heterocycles. The fourth-order valence-electron chi connectivity index (χ4n) is 5.96. The summed E-state index contributed by atoms with van der Waals surface area (Å²) in [6.07, 6.45) is 19.5. The van der Waals surface area contributed by atoms with Crippen molar-refractivity contribution in [3.8, 4) is 0 Å². The molecule has 0 aromatic heterocycles. The lowest BCUT2D eigenvalue weighted by molar-refractivity contribution is 0.344. The normalized spacial score (nSPS) is 27.8. The summed E-state index contributed by atoms with van der Waals surface area (Å²) < 4.78 is 0. The molecule has 146 valence electrons. The molecule has 0 radical (unpaired) electrons. The molecule has 1 saturated heterocycles. The lowest BCUT2D eigenvalue weighted by Gasteiger charge is -2.39. The molecule has 0 aromatic carbocycles. The molecule has 0 amide bonds. The third-order valence-electron chi connectivity index (χ3n) is 7.99. The van der Waals surface area contributed by atoms with Gasteiger partial charge in [-0.05, 0) is 36.5 Å². The molecular formula is C24H47B. The lowest BCUT2D eigenvalue weighted by Crippen LogP contribution is -2.34. The van der Waals surface area contributed by atoms with Crippen LogP contribution >= 0.6 is 0 Å². The van der Waals surface area contributed by atoms with E-state index >= 15 is 0 Å². The van der Waals surface area contributed by atoms with Crippen molar-refractivity contribution in [3.63, 3.8) is 0 Å². The van der Waals surface area contributed by atoms with Crippen LogP contribution in [0.2, 0.25) is 18.0 Å². The van der Waals surface area contributed by atoms with Gasteiger partial charge in [0.25, 0.3) is 0 Å². The Labute approximate surface area is 160 Å². The highest BCUT2D eigenvalue weighted by atomic mass is 14.4. The van der Waals surface area contributed by atoms with Crippen LogP contribution in [-0.4, -0.2) is 6.71 Å². The smallest absolute Gasteiger partial charge is 0.0737 e. The van der Waals surface area contributed by atoms with Crippen molar-refractivity contribution in [3.05, 3.63) is 0 Å². The highest BCUT2D eigenvalue weighted by Gasteiger charge is 2.39. The fraction of sp³-hybridized carbons (Fsp3) is 1.00. The summed E-state index contributed by atoms with van der Waals surface area (Å²) in [4.78, 5) is 0. The van der Waals surface area contributed by atoms with Crippen LogP contribution in [0.25, 0.3) is 0 Å². The van der Waals surface area contributed by atoms with Crippen LogP contribution in [0.4, 0.5) is 0 Å². The Bertz CT molecular complexity index is 346. The number of unbranched alkanes of at least 4 members (excludes halogenated alkanes) is 2. The van der Waals surface area contributed by atoms with Gasteiger partial charge >= 0.3 is 0 Å². The second-order valence-corrected chi connectivity index (χ2v) is 10.1. The van der Waals surface area contributed by atoms with Gasteiger partial charge in [-0.3, -0.25) is 0 Å². The predicted octanol–water partition coefficient (Wildman–Crippen LogP) is 8.49. The summed E-state index contributed by atoms with van der Waals surface area (Å²) in [7, 11) is 0. The van der Waals surface area contributed by atoms with Crippen LogP contribution in [0, 0.1) is 23.7 Å². The van der Waals surface area contributed by atoms with Crippen LogP contribution in [0.3, 0.4) is 0 Å². The summed E-state index contributed by atoms with van der Waals surface area (Å²) in [6, 6.07) is 0. The Morgan fingerprint density at radius 1 is 0.840 bits per heavy atom. The van der Waals surface area contributed by atoms with E-state index < -0.39 is 0 Å². The summed E-state index contributed by atoms with van der Waals surface area (Å²) in [5, 5.41) is 0. The Balaban J connectivity index is 2.06. The van der Waals surface area contributed by atoms with Gasteiger partial charge in [0.2, 0.25) is 0 Å². The van der Waals surface area contributed by atoms with Crippen LogP contribution in [-0.2, 0) is 0 Å². The first-order valence-electron chi connectivity index (χ1n) is 12.1. The van der Waals surface area contributed by atoms with Gasteiger partial charge in [-0.25, -0.2) is 0 Å².